The molecule has 0 aromatic heterocycles. The molecule has 1 amide bonds. The van der Waals surface area contributed by atoms with Gasteiger partial charge in [0, 0.05) is 21.9 Å². The number of hydrogen-bond acceptors (Lipinski definition) is 4. The molecule has 0 N–H and O–H groups in total. The van der Waals surface area contributed by atoms with Crippen LogP contribution in [0.2, 0.25) is 5.02 Å². The van der Waals surface area contributed by atoms with Crippen LogP contribution in [0.4, 0.5) is 5.69 Å². The minimum Gasteiger partial charge on any atom is -0.315 e. The van der Waals surface area contributed by atoms with Gasteiger partial charge < -0.3 is 4.90 Å². The predicted molar refractivity (Wildman–Crippen MR) is 109 cm³/mol. The minimum absolute atomic E-state index is 0.0782. The Balaban J connectivity index is 2.04. The van der Waals surface area contributed by atoms with E-state index in [1.54, 1.807) is 6.07 Å². The van der Waals surface area contributed by atoms with Gasteiger partial charge in [0.25, 0.3) is 5.91 Å². The molecule has 0 aliphatic carbocycles. The monoisotopic (exact) mass is 414 g/mol. The van der Waals surface area contributed by atoms with Crippen LogP contribution in [0, 0.1) is 12.8 Å². The van der Waals surface area contributed by atoms with Crippen molar-refractivity contribution in [2.75, 3.05) is 16.4 Å². The van der Waals surface area contributed by atoms with Gasteiger partial charge in [-0.15, -0.1) is 0 Å². The van der Waals surface area contributed by atoms with Crippen LogP contribution in [-0.2, 0) is 14.6 Å². The van der Waals surface area contributed by atoms with Crippen LogP contribution >= 0.6 is 23.4 Å². The highest BCUT2D eigenvalue weighted by atomic mass is 35.5. The Morgan fingerprint density at radius 1 is 1.35 bits per heavy atom. The quantitative estimate of drug-likeness (QED) is 0.751. The highest BCUT2D eigenvalue weighted by Crippen LogP contribution is 2.42. The van der Waals surface area contributed by atoms with Crippen LogP contribution in [0.25, 0.3) is 0 Å². The lowest BCUT2D eigenvalue weighted by molar-refractivity contribution is -0.121. The number of carbonyl (C=O) groups excluding carboxylic acids is 1. The Morgan fingerprint density at radius 2 is 2.04 bits per heavy atom. The fourth-order valence-electron chi connectivity index (χ4n) is 3.51. The molecule has 3 rings (SSSR count). The summed E-state index contributed by atoms with van der Waals surface area (Å²) in [5.74, 6) is -0.0366. The first kappa shape index (κ1) is 19.7. The van der Waals surface area contributed by atoms with Gasteiger partial charge in [0.05, 0.1) is 17.5 Å². The van der Waals surface area contributed by atoms with E-state index in [-0.39, 0.29) is 34.6 Å². The molecule has 0 unspecified atom stereocenters. The average Bonchev–Trinajstić information content (AvgIpc) is 3.02. The lowest BCUT2D eigenvalue weighted by atomic mass is 10.0. The first-order valence-corrected chi connectivity index (χ1v) is 11.9. The van der Waals surface area contributed by atoms with Crippen molar-refractivity contribution in [3.8, 4) is 0 Å². The summed E-state index contributed by atoms with van der Waals surface area (Å²) in [6, 6.07) is 5.32. The number of anilines is 1. The number of fused-ring (bicyclic) bond motifs is 1. The van der Waals surface area contributed by atoms with Gasteiger partial charge in [-0.25, -0.2) is 8.42 Å². The molecule has 0 saturated carbocycles. The molecule has 1 aromatic rings. The molecular weight excluding hydrogens is 392 g/mol. The molecule has 142 valence electrons. The highest BCUT2D eigenvalue weighted by molar-refractivity contribution is 8.16. The molecule has 2 aliphatic rings. The van der Waals surface area contributed by atoms with E-state index in [0.29, 0.717) is 10.2 Å². The summed E-state index contributed by atoms with van der Waals surface area (Å²) in [5, 5.41) is 1.06. The van der Waals surface area contributed by atoms with E-state index in [2.05, 4.69) is 4.99 Å². The fraction of sp³-hybridized carbons (Fsp3) is 0.556. The molecule has 0 bridgehead atoms. The second-order valence-electron chi connectivity index (χ2n) is 6.85. The molecule has 2 fully saturated rings. The van der Waals surface area contributed by atoms with Crippen molar-refractivity contribution in [2.24, 2.45) is 10.9 Å². The Bertz CT molecular complexity index is 850. The molecule has 5 nitrogen and oxygen atoms in total. The van der Waals surface area contributed by atoms with E-state index < -0.39 is 9.84 Å². The van der Waals surface area contributed by atoms with Crippen molar-refractivity contribution in [3.05, 3.63) is 28.8 Å². The van der Waals surface area contributed by atoms with Crippen molar-refractivity contribution in [1.82, 2.24) is 0 Å². The summed E-state index contributed by atoms with van der Waals surface area (Å²) in [5.41, 5.74) is 1.80. The minimum atomic E-state index is -3.08. The van der Waals surface area contributed by atoms with Crippen LogP contribution in [0.3, 0.4) is 0 Å². The van der Waals surface area contributed by atoms with E-state index in [4.69, 9.17) is 11.6 Å². The van der Waals surface area contributed by atoms with E-state index in [1.165, 1.54) is 11.8 Å². The van der Waals surface area contributed by atoms with Crippen LogP contribution in [-0.4, -0.2) is 42.3 Å². The summed E-state index contributed by atoms with van der Waals surface area (Å²) in [6.45, 7) is 5.91. The smallest absolute Gasteiger partial charge is 0.251 e. The van der Waals surface area contributed by atoms with Gasteiger partial charge in [-0.2, -0.15) is 4.99 Å². The summed E-state index contributed by atoms with van der Waals surface area (Å²) in [7, 11) is -3.08. The largest absolute Gasteiger partial charge is 0.315 e. The van der Waals surface area contributed by atoms with Crippen molar-refractivity contribution in [1.29, 1.82) is 0 Å². The molecule has 0 radical (unpaired) electrons. The number of amidine groups is 1. The molecule has 8 heteroatoms. The molecule has 0 spiro atoms. The Morgan fingerprint density at radius 3 is 2.69 bits per heavy atom. The van der Waals surface area contributed by atoms with Crippen LogP contribution in [0.1, 0.15) is 32.3 Å². The van der Waals surface area contributed by atoms with Gasteiger partial charge in [0.15, 0.2) is 15.0 Å². The zero-order valence-corrected chi connectivity index (χ0v) is 17.5. The van der Waals surface area contributed by atoms with Crippen LogP contribution in [0.5, 0.6) is 0 Å². The average molecular weight is 415 g/mol. The maximum absolute atomic E-state index is 12.6. The molecule has 2 saturated heterocycles. The number of aryl methyl sites for hydroxylation is 1. The van der Waals surface area contributed by atoms with Crippen LogP contribution in [0.15, 0.2) is 23.2 Å². The number of sulfone groups is 1. The van der Waals surface area contributed by atoms with Crippen LogP contribution < -0.4 is 4.90 Å². The number of benzene rings is 1. The topological polar surface area (TPSA) is 66.8 Å². The Hall–Kier alpha value is -1.05. The van der Waals surface area contributed by atoms with E-state index in [0.717, 1.165) is 24.1 Å². The molecule has 2 heterocycles. The van der Waals surface area contributed by atoms with Crippen molar-refractivity contribution >= 4 is 50.0 Å². The fourth-order valence-corrected chi connectivity index (χ4v) is 7.59. The molecule has 2 aliphatic heterocycles. The number of thioether (sulfide) groups is 1. The second-order valence-corrected chi connectivity index (χ2v) is 10.6. The number of aliphatic imine (C=N–C) groups is 1. The molecule has 26 heavy (non-hydrogen) atoms. The van der Waals surface area contributed by atoms with Gasteiger partial charge in [-0.1, -0.05) is 43.3 Å². The summed E-state index contributed by atoms with van der Waals surface area (Å²) >= 11 is 7.59. The predicted octanol–water partition coefficient (Wildman–Crippen LogP) is 3.69. The number of rotatable bonds is 4. The number of nitrogens with zero attached hydrogens (tertiary/aromatic N) is 2. The first-order chi connectivity index (χ1) is 12.3. The van der Waals surface area contributed by atoms with E-state index in [9.17, 15) is 13.2 Å². The van der Waals surface area contributed by atoms with E-state index in [1.807, 2.05) is 37.8 Å². The number of carbonyl (C=O) groups is 1. The Labute approximate surface area is 164 Å². The second kappa shape index (κ2) is 7.52. The van der Waals surface area contributed by atoms with Gasteiger partial charge in [0.1, 0.15) is 0 Å². The van der Waals surface area contributed by atoms with Crippen molar-refractivity contribution < 1.29 is 13.2 Å². The third-order valence-electron chi connectivity index (χ3n) is 5.04. The van der Waals surface area contributed by atoms with E-state index >= 15 is 0 Å². The third-order valence-corrected chi connectivity index (χ3v) is 8.48. The number of amides is 1. The first-order valence-electron chi connectivity index (χ1n) is 8.80. The summed E-state index contributed by atoms with van der Waals surface area (Å²) in [6.07, 6.45) is 1.49. The van der Waals surface area contributed by atoms with Gasteiger partial charge in [0.2, 0.25) is 0 Å². The summed E-state index contributed by atoms with van der Waals surface area (Å²) < 4.78 is 24.3. The van der Waals surface area contributed by atoms with Gasteiger partial charge in [-0.05, 0) is 37.5 Å². The lowest BCUT2D eigenvalue weighted by Gasteiger charge is -2.26. The van der Waals surface area contributed by atoms with Crippen molar-refractivity contribution in [2.45, 2.75) is 44.9 Å². The molecular formula is C18H23ClN2O3S2. The normalized spacial score (nSPS) is 25.9. The van der Waals surface area contributed by atoms with Crippen molar-refractivity contribution in [3.63, 3.8) is 0 Å². The Kier molecular flexibility index (Phi) is 5.70. The van der Waals surface area contributed by atoms with Gasteiger partial charge in [-0.3, -0.25) is 4.79 Å². The highest BCUT2D eigenvalue weighted by Gasteiger charge is 2.49. The zero-order valence-electron chi connectivity index (χ0n) is 15.1. The maximum Gasteiger partial charge on any atom is 0.251 e. The standard InChI is InChI=1S/C18H23ClN2O3S2/c1-4-12(5-2)17(22)20-18-21(14-8-13(19)7-6-11(14)3)15-9-26(23,24)10-16(15)25-18/h6-8,12,15-16H,4-5,9-10H2,1-3H3/t15-,16+/m0/s1. The lowest BCUT2D eigenvalue weighted by Crippen LogP contribution is -2.38. The van der Waals surface area contributed by atoms with Gasteiger partial charge >= 0.3 is 0 Å². The molecule has 2 atom stereocenters. The number of hydrogen-bond donors (Lipinski definition) is 0. The SMILES string of the molecule is CCC(CC)C(=O)N=C1S[C@@H]2CS(=O)(=O)C[C@@H]2N1c1cc(Cl)ccc1C. The third kappa shape index (κ3) is 3.80. The summed E-state index contributed by atoms with van der Waals surface area (Å²) in [4.78, 5) is 18.9. The maximum atomic E-state index is 12.6. The zero-order chi connectivity index (χ0) is 19.1. The molecule has 1 aromatic carbocycles. The number of halogens is 1.